The second-order valence-corrected chi connectivity index (χ2v) is 6.77. The number of carbonyl (C=O) groups is 1. The van der Waals surface area contributed by atoms with E-state index in [9.17, 15) is 4.79 Å². The molecular formula is C25H22N2O4. The number of nitrogens with zero attached hydrogens (tertiary/aromatic N) is 2. The molecule has 0 unspecified atom stereocenters. The van der Waals surface area contributed by atoms with Gasteiger partial charge in [-0.3, -0.25) is 9.69 Å². The highest BCUT2D eigenvalue weighted by Crippen LogP contribution is 2.31. The molecule has 0 atom stereocenters. The van der Waals surface area contributed by atoms with Crippen LogP contribution in [0.25, 0.3) is 6.08 Å². The number of amidine groups is 1. The van der Waals surface area contributed by atoms with Crippen molar-refractivity contribution in [2.24, 2.45) is 4.99 Å². The molecule has 1 heterocycles. The minimum absolute atomic E-state index is 0.220. The van der Waals surface area contributed by atoms with Crippen LogP contribution in [0.3, 0.4) is 0 Å². The highest BCUT2D eigenvalue weighted by Gasteiger charge is 2.32. The van der Waals surface area contributed by atoms with Crippen LogP contribution in [0.2, 0.25) is 0 Å². The second kappa shape index (κ2) is 8.75. The number of hydrogen-bond acceptors (Lipinski definition) is 5. The van der Waals surface area contributed by atoms with Crippen molar-refractivity contribution >= 4 is 23.5 Å². The van der Waals surface area contributed by atoms with E-state index in [4.69, 9.17) is 19.2 Å². The Morgan fingerprint density at radius 2 is 1.39 bits per heavy atom. The van der Waals surface area contributed by atoms with Crippen LogP contribution in [0.1, 0.15) is 11.1 Å². The average molecular weight is 414 g/mol. The zero-order valence-electron chi connectivity index (χ0n) is 17.5. The van der Waals surface area contributed by atoms with Gasteiger partial charge in [-0.25, -0.2) is 4.99 Å². The topological polar surface area (TPSA) is 60.4 Å². The van der Waals surface area contributed by atoms with Crippen molar-refractivity contribution in [2.75, 3.05) is 26.2 Å². The van der Waals surface area contributed by atoms with Crippen molar-refractivity contribution in [2.45, 2.75) is 0 Å². The molecule has 0 fully saturated rings. The van der Waals surface area contributed by atoms with Crippen molar-refractivity contribution in [3.63, 3.8) is 0 Å². The molecule has 0 saturated carbocycles. The molecule has 4 rings (SSSR count). The Morgan fingerprint density at radius 1 is 0.774 bits per heavy atom. The second-order valence-electron chi connectivity index (χ2n) is 6.77. The molecule has 1 aliphatic rings. The third-order valence-electron chi connectivity index (χ3n) is 4.97. The minimum Gasteiger partial charge on any atom is -0.497 e. The van der Waals surface area contributed by atoms with Gasteiger partial charge in [0.1, 0.15) is 28.8 Å². The standard InChI is InChI=1S/C25H22N2O4/c1-29-20-12-8-17(9-13-20)24-26-22(16-18-6-4-5-7-23(18)31-3)25(28)27(24)19-10-14-21(30-2)15-11-19/h4-16H,1-3H3/b22-16+. The van der Waals surface area contributed by atoms with E-state index in [0.717, 1.165) is 16.9 Å². The van der Waals surface area contributed by atoms with Gasteiger partial charge in [0, 0.05) is 11.1 Å². The fourth-order valence-electron chi connectivity index (χ4n) is 3.35. The molecule has 0 saturated heterocycles. The maximum atomic E-state index is 13.4. The minimum atomic E-state index is -0.220. The van der Waals surface area contributed by atoms with Gasteiger partial charge < -0.3 is 14.2 Å². The maximum absolute atomic E-state index is 13.4. The van der Waals surface area contributed by atoms with Gasteiger partial charge in [0.15, 0.2) is 0 Å². The van der Waals surface area contributed by atoms with Crippen LogP contribution in [0.15, 0.2) is 83.5 Å². The van der Waals surface area contributed by atoms with Crippen LogP contribution in [-0.2, 0) is 4.79 Å². The van der Waals surface area contributed by atoms with Gasteiger partial charge in [0.2, 0.25) is 0 Å². The van der Waals surface area contributed by atoms with Gasteiger partial charge in [-0.2, -0.15) is 0 Å². The Balaban J connectivity index is 1.81. The molecule has 156 valence electrons. The van der Waals surface area contributed by atoms with E-state index < -0.39 is 0 Å². The number of benzene rings is 3. The zero-order valence-corrected chi connectivity index (χ0v) is 17.5. The summed E-state index contributed by atoms with van der Waals surface area (Å²) in [5.74, 6) is 2.44. The lowest BCUT2D eigenvalue weighted by atomic mass is 10.1. The molecule has 1 amide bonds. The van der Waals surface area contributed by atoms with Crippen LogP contribution < -0.4 is 19.1 Å². The number of rotatable bonds is 6. The summed E-state index contributed by atoms with van der Waals surface area (Å²) in [5.41, 5.74) is 2.60. The van der Waals surface area contributed by atoms with E-state index in [0.29, 0.717) is 28.7 Å². The van der Waals surface area contributed by atoms with E-state index in [2.05, 4.69) is 0 Å². The summed E-state index contributed by atoms with van der Waals surface area (Å²) in [4.78, 5) is 19.7. The van der Waals surface area contributed by atoms with E-state index in [1.807, 2.05) is 72.8 Å². The fourth-order valence-corrected chi connectivity index (χ4v) is 3.35. The van der Waals surface area contributed by atoms with Gasteiger partial charge >= 0.3 is 0 Å². The van der Waals surface area contributed by atoms with Crippen molar-refractivity contribution in [1.29, 1.82) is 0 Å². The Labute approximate surface area is 181 Å². The summed E-state index contributed by atoms with van der Waals surface area (Å²) in [6, 6.07) is 22.3. The van der Waals surface area contributed by atoms with E-state index in [-0.39, 0.29) is 5.91 Å². The molecule has 0 bridgehead atoms. The summed E-state index contributed by atoms with van der Waals surface area (Å²) in [5, 5.41) is 0. The summed E-state index contributed by atoms with van der Waals surface area (Å²) in [6.07, 6.45) is 1.74. The molecular weight excluding hydrogens is 392 g/mol. The summed E-state index contributed by atoms with van der Waals surface area (Å²) < 4.78 is 15.9. The quantitative estimate of drug-likeness (QED) is 0.556. The Bertz CT molecular complexity index is 1150. The highest BCUT2D eigenvalue weighted by atomic mass is 16.5. The lowest BCUT2D eigenvalue weighted by molar-refractivity contribution is -0.113. The highest BCUT2D eigenvalue weighted by molar-refractivity contribution is 6.33. The molecule has 0 aromatic heterocycles. The number of hydrogen-bond donors (Lipinski definition) is 0. The summed E-state index contributed by atoms with van der Waals surface area (Å²) in [6.45, 7) is 0. The van der Waals surface area contributed by atoms with Gasteiger partial charge in [-0.05, 0) is 60.7 Å². The van der Waals surface area contributed by atoms with Crippen molar-refractivity contribution in [3.8, 4) is 17.2 Å². The molecule has 6 nitrogen and oxygen atoms in total. The molecule has 1 aliphatic heterocycles. The van der Waals surface area contributed by atoms with Crippen molar-refractivity contribution in [1.82, 2.24) is 0 Å². The summed E-state index contributed by atoms with van der Waals surface area (Å²) >= 11 is 0. The van der Waals surface area contributed by atoms with E-state index in [1.165, 1.54) is 0 Å². The largest absolute Gasteiger partial charge is 0.497 e. The molecule has 3 aromatic rings. The fraction of sp³-hybridized carbons (Fsp3) is 0.120. The lowest BCUT2D eigenvalue weighted by Gasteiger charge is -2.19. The monoisotopic (exact) mass is 414 g/mol. The predicted molar refractivity (Wildman–Crippen MR) is 121 cm³/mol. The lowest BCUT2D eigenvalue weighted by Crippen LogP contribution is -2.32. The van der Waals surface area contributed by atoms with Crippen LogP contribution in [0.5, 0.6) is 17.2 Å². The van der Waals surface area contributed by atoms with E-state index >= 15 is 0 Å². The molecule has 6 heteroatoms. The maximum Gasteiger partial charge on any atom is 0.282 e. The number of aliphatic imine (C=N–C) groups is 1. The van der Waals surface area contributed by atoms with Gasteiger partial charge in [-0.1, -0.05) is 18.2 Å². The molecule has 0 radical (unpaired) electrons. The number of anilines is 1. The van der Waals surface area contributed by atoms with Gasteiger partial charge in [0.25, 0.3) is 5.91 Å². The van der Waals surface area contributed by atoms with Gasteiger partial charge in [-0.15, -0.1) is 0 Å². The molecule has 3 aromatic carbocycles. The van der Waals surface area contributed by atoms with E-state index in [1.54, 1.807) is 32.3 Å². The van der Waals surface area contributed by atoms with Crippen LogP contribution in [0.4, 0.5) is 5.69 Å². The zero-order chi connectivity index (χ0) is 21.8. The smallest absolute Gasteiger partial charge is 0.282 e. The SMILES string of the molecule is COc1ccc(C2=N/C(=C/c3ccccc3OC)C(=O)N2c2ccc(OC)cc2)cc1. The Kier molecular flexibility index (Phi) is 5.71. The molecule has 31 heavy (non-hydrogen) atoms. The number of carbonyl (C=O) groups excluding carboxylic acids is 1. The summed E-state index contributed by atoms with van der Waals surface area (Å²) in [7, 11) is 4.82. The average Bonchev–Trinajstić information content (AvgIpc) is 3.15. The molecule has 0 spiro atoms. The van der Waals surface area contributed by atoms with Crippen molar-refractivity contribution in [3.05, 3.63) is 89.6 Å². The van der Waals surface area contributed by atoms with Crippen LogP contribution in [0, 0.1) is 0 Å². The Morgan fingerprint density at radius 3 is 2.00 bits per heavy atom. The first-order valence-electron chi connectivity index (χ1n) is 9.71. The van der Waals surface area contributed by atoms with Crippen LogP contribution >= 0.6 is 0 Å². The molecule has 0 N–H and O–H groups in total. The van der Waals surface area contributed by atoms with Crippen LogP contribution in [-0.4, -0.2) is 33.1 Å². The van der Waals surface area contributed by atoms with Crippen molar-refractivity contribution < 1.29 is 19.0 Å². The van der Waals surface area contributed by atoms with Gasteiger partial charge in [0.05, 0.1) is 27.0 Å². The first kappa shape index (κ1) is 20.2. The number of para-hydroxylation sites is 1. The molecule has 0 aliphatic carbocycles. The number of ether oxygens (including phenoxy) is 3. The third kappa shape index (κ3) is 4.00. The number of methoxy groups -OCH3 is 3. The first-order chi connectivity index (χ1) is 15.1. The number of amides is 1. The predicted octanol–water partition coefficient (Wildman–Crippen LogP) is 4.55. The first-order valence-corrected chi connectivity index (χ1v) is 9.71. The Hall–Kier alpha value is -4.06. The third-order valence-corrected chi connectivity index (χ3v) is 4.97. The normalized spacial score (nSPS) is 14.5.